The summed E-state index contributed by atoms with van der Waals surface area (Å²) < 4.78 is 0. The molecule has 1 N–H and O–H groups in total. The average Bonchev–Trinajstić information content (AvgIpc) is 2.35. The van der Waals surface area contributed by atoms with Gasteiger partial charge in [-0.2, -0.15) is 0 Å². The Bertz CT molecular complexity index is 399. The van der Waals surface area contributed by atoms with Gasteiger partial charge in [0, 0.05) is 12.8 Å². The molecule has 1 aliphatic rings. The molecule has 0 aliphatic heterocycles. The van der Waals surface area contributed by atoms with E-state index < -0.39 is 5.60 Å². The predicted molar refractivity (Wildman–Crippen MR) is 67.8 cm³/mol. The van der Waals surface area contributed by atoms with Crippen molar-refractivity contribution >= 4 is 5.78 Å². The lowest BCUT2D eigenvalue weighted by molar-refractivity contribution is -0.134. The molecule has 0 amide bonds. The summed E-state index contributed by atoms with van der Waals surface area (Å²) in [5.41, 5.74) is 0.343. The van der Waals surface area contributed by atoms with Crippen LogP contribution in [0.4, 0.5) is 0 Å². The van der Waals surface area contributed by atoms with Gasteiger partial charge in [-0.05, 0) is 23.8 Å². The zero-order chi connectivity index (χ0) is 12.5. The summed E-state index contributed by atoms with van der Waals surface area (Å²) in [4.78, 5) is 11.8. The maximum Gasteiger partial charge on any atom is 0.136 e. The fraction of sp³-hybridized carbons (Fsp3) is 0.533. The third-order valence-corrected chi connectivity index (χ3v) is 4.24. The molecule has 0 saturated heterocycles. The highest BCUT2D eigenvalue weighted by atomic mass is 16.3. The van der Waals surface area contributed by atoms with Crippen molar-refractivity contribution in [3.8, 4) is 0 Å². The molecule has 1 aromatic carbocycles. The van der Waals surface area contributed by atoms with Crippen LogP contribution in [-0.4, -0.2) is 16.5 Å². The van der Waals surface area contributed by atoms with Crippen LogP contribution in [0.25, 0.3) is 0 Å². The molecule has 0 aromatic heterocycles. The Morgan fingerprint density at radius 1 is 1.35 bits per heavy atom. The second kappa shape index (κ2) is 4.61. The van der Waals surface area contributed by atoms with E-state index in [1.807, 2.05) is 25.1 Å². The van der Waals surface area contributed by atoms with Gasteiger partial charge in [0.1, 0.15) is 5.78 Å². The number of benzene rings is 1. The summed E-state index contributed by atoms with van der Waals surface area (Å²) in [5, 5.41) is 10.5. The van der Waals surface area contributed by atoms with Crippen LogP contribution in [0.15, 0.2) is 30.3 Å². The minimum Gasteiger partial charge on any atom is -0.389 e. The van der Waals surface area contributed by atoms with Gasteiger partial charge in [-0.1, -0.05) is 44.2 Å². The molecule has 3 unspecified atom stereocenters. The second-order valence-electron chi connectivity index (χ2n) is 5.18. The lowest BCUT2D eigenvalue weighted by Crippen LogP contribution is -2.45. The molecule has 0 heterocycles. The summed E-state index contributed by atoms with van der Waals surface area (Å²) in [5.74, 6) is 0.469. The molecule has 1 fully saturated rings. The molecular formula is C15H20O2. The van der Waals surface area contributed by atoms with Gasteiger partial charge in [0.15, 0.2) is 0 Å². The Kier molecular flexibility index (Phi) is 3.34. The summed E-state index contributed by atoms with van der Waals surface area (Å²) >= 11 is 0. The van der Waals surface area contributed by atoms with E-state index in [1.165, 1.54) is 5.56 Å². The summed E-state index contributed by atoms with van der Waals surface area (Å²) in [6.07, 6.45) is 1.52. The lowest BCUT2D eigenvalue weighted by atomic mass is 9.66. The molecule has 1 aliphatic carbocycles. The molecule has 0 bridgehead atoms. The molecule has 2 heteroatoms. The van der Waals surface area contributed by atoms with Gasteiger partial charge in [-0.15, -0.1) is 0 Å². The van der Waals surface area contributed by atoms with Crippen molar-refractivity contribution in [2.45, 2.75) is 44.6 Å². The van der Waals surface area contributed by atoms with E-state index in [2.05, 4.69) is 19.1 Å². The standard InChI is InChI=1S/C15H20O2/c1-3-15(17)10-13(16)9-14(11(15)2)12-7-5-4-6-8-12/h4-8,11,14,17H,3,9-10H2,1-2H3. The van der Waals surface area contributed by atoms with E-state index in [9.17, 15) is 9.90 Å². The predicted octanol–water partition coefficient (Wildman–Crippen LogP) is 2.91. The lowest BCUT2D eigenvalue weighted by Gasteiger charge is -2.42. The van der Waals surface area contributed by atoms with Crippen molar-refractivity contribution in [2.24, 2.45) is 5.92 Å². The molecule has 3 atom stereocenters. The van der Waals surface area contributed by atoms with Crippen LogP contribution in [0.2, 0.25) is 0 Å². The van der Waals surface area contributed by atoms with E-state index >= 15 is 0 Å². The third-order valence-electron chi connectivity index (χ3n) is 4.24. The Morgan fingerprint density at radius 2 is 2.00 bits per heavy atom. The normalized spacial score (nSPS) is 33.7. The van der Waals surface area contributed by atoms with Gasteiger partial charge in [-0.25, -0.2) is 0 Å². The van der Waals surface area contributed by atoms with Gasteiger partial charge in [0.2, 0.25) is 0 Å². The van der Waals surface area contributed by atoms with Crippen LogP contribution in [0.5, 0.6) is 0 Å². The highest BCUT2D eigenvalue weighted by Crippen LogP contribution is 2.43. The molecule has 2 nitrogen and oxygen atoms in total. The van der Waals surface area contributed by atoms with Gasteiger partial charge in [-0.3, -0.25) is 4.79 Å². The summed E-state index contributed by atoms with van der Waals surface area (Å²) in [6.45, 7) is 4.02. The van der Waals surface area contributed by atoms with Crippen LogP contribution in [-0.2, 0) is 4.79 Å². The summed E-state index contributed by atoms with van der Waals surface area (Å²) in [6, 6.07) is 10.1. The second-order valence-corrected chi connectivity index (χ2v) is 5.18. The maximum absolute atomic E-state index is 11.8. The number of aliphatic hydroxyl groups is 1. The Morgan fingerprint density at radius 3 is 2.59 bits per heavy atom. The maximum atomic E-state index is 11.8. The van der Waals surface area contributed by atoms with E-state index in [-0.39, 0.29) is 17.6 Å². The van der Waals surface area contributed by atoms with Gasteiger partial charge < -0.3 is 5.11 Å². The SMILES string of the molecule is CCC1(O)CC(=O)CC(c2ccccc2)C1C. The van der Waals surface area contributed by atoms with Crippen molar-refractivity contribution in [1.29, 1.82) is 0 Å². The van der Waals surface area contributed by atoms with Crippen LogP contribution >= 0.6 is 0 Å². The minimum atomic E-state index is -0.824. The first-order chi connectivity index (χ1) is 8.07. The average molecular weight is 232 g/mol. The largest absolute Gasteiger partial charge is 0.389 e. The van der Waals surface area contributed by atoms with Gasteiger partial charge in [0.25, 0.3) is 0 Å². The minimum absolute atomic E-state index is 0.132. The fourth-order valence-electron chi connectivity index (χ4n) is 2.92. The molecule has 2 rings (SSSR count). The summed E-state index contributed by atoms with van der Waals surface area (Å²) in [7, 11) is 0. The zero-order valence-electron chi connectivity index (χ0n) is 10.5. The molecule has 0 radical (unpaired) electrons. The van der Waals surface area contributed by atoms with Crippen LogP contribution in [0.1, 0.15) is 44.6 Å². The smallest absolute Gasteiger partial charge is 0.136 e. The molecule has 1 saturated carbocycles. The van der Waals surface area contributed by atoms with Crippen molar-refractivity contribution in [2.75, 3.05) is 0 Å². The van der Waals surface area contributed by atoms with E-state index in [0.717, 1.165) is 0 Å². The number of Topliss-reactive ketones (excluding diaryl/α,β-unsaturated/α-hetero) is 1. The monoisotopic (exact) mass is 232 g/mol. The van der Waals surface area contributed by atoms with E-state index in [1.54, 1.807) is 0 Å². The first-order valence-corrected chi connectivity index (χ1v) is 6.36. The zero-order valence-corrected chi connectivity index (χ0v) is 10.5. The highest BCUT2D eigenvalue weighted by Gasteiger charge is 2.44. The topological polar surface area (TPSA) is 37.3 Å². The molecular weight excluding hydrogens is 212 g/mol. The number of hydrogen-bond donors (Lipinski definition) is 1. The highest BCUT2D eigenvalue weighted by molar-refractivity contribution is 5.81. The molecule has 92 valence electrons. The Balaban J connectivity index is 2.31. The van der Waals surface area contributed by atoms with E-state index in [0.29, 0.717) is 19.3 Å². The van der Waals surface area contributed by atoms with E-state index in [4.69, 9.17) is 0 Å². The number of carbonyl (C=O) groups excluding carboxylic acids is 1. The Hall–Kier alpha value is -1.15. The van der Waals surface area contributed by atoms with Gasteiger partial charge in [0.05, 0.1) is 5.60 Å². The van der Waals surface area contributed by atoms with Crippen LogP contribution in [0.3, 0.4) is 0 Å². The molecule has 0 spiro atoms. The quantitative estimate of drug-likeness (QED) is 0.851. The van der Waals surface area contributed by atoms with Gasteiger partial charge >= 0.3 is 0 Å². The third kappa shape index (κ3) is 2.27. The van der Waals surface area contributed by atoms with Crippen molar-refractivity contribution in [3.05, 3.63) is 35.9 Å². The molecule has 17 heavy (non-hydrogen) atoms. The fourth-order valence-corrected chi connectivity index (χ4v) is 2.92. The first-order valence-electron chi connectivity index (χ1n) is 6.36. The van der Waals surface area contributed by atoms with Crippen LogP contribution < -0.4 is 0 Å². The van der Waals surface area contributed by atoms with Crippen molar-refractivity contribution < 1.29 is 9.90 Å². The molecule has 1 aromatic rings. The van der Waals surface area contributed by atoms with Crippen molar-refractivity contribution in [3.63, 3.8) is 0 Å². The Labute approximate surface area is 103 Å². The first kappa shape index (κ1) is 12.3. The number of carbonyl (C=O) groups is 1. The van der Waals surface area contributed by atoms with Crippen molar-refractivity contribution in [1.82, 2.24) is 0 Å². The number of rotatable bonds is 2. The number of hydrogen-bond acceptors (Lipinski definition) is 2. The number of ketones is 1. The van der Waals surface area contributed by atoms with Crippen LogP contribution in [0, 0.1) is 5.92 Å².